The first kappa shape index (κ1) is 11.8. The Morgan fingerprint density at radius 2 is 1.87 bits per heavy atom. The van der Waals surface area contributed by atoms with Crippen molar-refractivity contribution in [1.82, 2.24) is 0 Å². The van der Waals surface area contributed by atoms with Gasteiger partial charge in [-0.1, -0.05) is 32.0 Å². The lowest BCUT2D eigenvalue weighted by Crippen LogP contribution is -2.09. The van der Waals surface area contributed by atoms with Gasteiger partial charge in [-0.05, 0) is 30.4 Å². The standard InChI is InChI=1S/C13H19NO/c1-4-11(5-2)12-8-6-7-9-13(12)14-10(3)15/h6-9,11H,4-5H2,1-3H3,(H,14,15). The van der Waals surface area contributed by atoms with Gasteiger partial charge in [-0.25, -0.2) is 0 Å². The summed E-state index contributed by atoms with van der Waals surface area (Å²) in [5.74, 6) is 0.529. The minimum Gasteiger partial charge on any atom is -0.326 e. The quantitative estimate of drug-likeness (QED) is 0.800. The third-order valence-corrected chi connectivity index (χ3v) is 2.70. The van der Waals surface area contributed by atoms with E-state index in [-0.39, 0.29) is 5.91 Å². The molecule has 0 radical (unpaired) electrons. The summed E-state index contributed by atoms with van der Waals surface area (Å²) in [5.41, 5.74) is 2.21. The highest BCUT2D eigenvalue weighted by molar-refractivity contribution is 5.89. The van der Waals surface area contributed by atoms with Crippen molar-refractivity contribution in [2.45, 2.75) is 39.5 Å². The molecule has 82 valence electrons. The van der Waals surface area contributed by atoms with E-state index in [0.717, 1.165) is 18.5 Å². The van der Waals surface area contributed by atoms with Crippen LogP contribution in [-0.2, 0) is 4.79 Å². The van der Waals surface area contributed by atoms with Gasteiger partial charge in [-0.3, -0.25) is 4.79 Å². The van der Waals surface area contributed by atoms with Crippen molar-refractivity contribution in [2.24, 2.45) is 0 Å². The molecule has 1 aromatic rings. The molecule has 1 N–H and O–H groups in total. The summed E-state index contributed by atoms with van der Waals surface area (Å²) in [4.78, 5) is 11.1. The van der Waals surface area contributed by atoms with E-state index in [9.17, 15) is 4.79 Å². The zero-order chi connectivity index (χ0) is 11.3. The summed E-state index contributed by atoms with van der Waals surface area (Å²) < 4.78 is 0. The lowest BCUT2D eigenvalue weighted by atomic mass is 9.92. The molecule has 0 aromatic heterocycles. The normalized spacial score (nSPS) is 10.4. The summed E-state index contributed by atoms with van der Waals surface area (Å²) in [7, 11) is 0. The van der Waals surface area contributed by atoms with E-state index in [2.05, 4.69) is 25.2 Å². The Hall–Kier alpha value is -1.31. The first-order chi connectivity index (χ1) is 7.19. The lowest BCUT2D eigenvalue weighted by molar-refractivity contribution is -0.114. The number of carbonyl (C=O) groups excluding carboxylic acids is 1. The number of hydrogen-bond donors (Lipinski definition) is 1. The van der Waals surface area contributed by atoms with E-state index in [1.165, 1.54) is 5.56 Å². The molecule has 1 aromatic carbocycles. The van der Waals surface area contributed by atoms with Crippen LogP contribution in [0, 0.1) is 0 Å². The Morgan fingerprint density at radius 1 is 1.27 bits per heavy atom. The molecule has 1 amide bonds. The van der Waals surface area contributed by atoms with Crippen LogP contribution in [0.5, 0.6) is 0 Å². The molecular weight excluding hydrogens is 186 g/mol. The fourth-order valence-electron chi connectivity index (χ4n) is 1.88. The number of carbonyl (C=O) groups is 1. The van der Waals surface area contributed by atoms with Gasteiger partial charge in [0.25, 0.3) is 0 Å². The highest BCUT2D eigenvalue weighted by atomic mass is 16.1. The molecule has 2 heteroatoms. The predicted molar refractivity (Wildman–Crippen MR) is 64.1 cm³/mol. The highest BCUT2D eigenvalue weighted by Gasteiger charge is 2.11. The van der Waals surface area contributed by atoms with Gasteiger partial charge >= 0.3 is 0 Å². The van der Waals surface area contributed by atoms with E-state index < -0.39 is 0 Å². The lowest BCUT2D eigenvalue weighted by Gasteiger charge is -2.17. The Balaban J connectivity index is 2.99. The van der Waals surface area contributed by atoms with Crippen molar-refractivity contribution in [1.29, 1.82) is 0 Å². The average Bonchev–Trinajstić information content (AvgIpc) is 2.21. The Kier molecular flexibility index (Phi) is 4.35. The molecule has 0 fully saturated rings. The van der Waals surface area contributed by atoms with Crippen molar-refractivity contribution in [3.63, 3.8) is 0 Å². The monoisotopic (exact) mass is 205 g/mol. The molecule has 0 aliphatic heterocycles. The fraction of sp³-hybridized carbons (Fsp3) is 0.462. The van der Waals surface area contributed by atoms with Crippen LogP contribution in [0.3, 0.4) is 0 Å². The Labute approximate surface area is 91.7 Å². The average molecular weight is 205 g/mol. The van der Waals surface area contributed by atoms with E-state index in [0.29, 0.717) is 5.92 Å². The van der Waals surface area contributed by atoms with Crippen molar-refractivity contribution in [3.8, 4) is 0 Å². The molecule has 0 spiro atoms. The number of benzene rings is 1. The van der Waals surface area contributed by atoms with Crippen molar-refractivity contribution < 1.29 is 4.79 Å². The maximum Gasteiger partial charge on any atom is 0.221 e. The number of hydrogen-bond acceptors (Lipinski definition) is 1. The number of anilines is 1. The van der Waals surface area contributed by atoms with Crippen LogP contribution >= 0.6 is 0 Å². The van der Waals surface area contributed by atoms with Crippen molar-refractivity contribution >= 4 is 11.6 Å². The third-order valence-electron chi connectivity index (χ3n) is 2.70. The maximum absolute atomic E-state index is 11.1. The number of nitrogens with one attached hydrogen (secondary N) is 1. The zero-order valence-electron chi connectivity index (χ0n) is 9.71. The number of rotatable bonds is 4. The molecule has 0 heterocycles. The SMILES string of the molecule is CCC(CC)c1ccccc1NC(C)=O. The van der Waals surface area contributed by atoms with E-state index >= 15 is 0 Å². The second kappa shape index (κ2) is 5.54. The molecule has 0 bridgehead atoms. The fourth-order valence-corrected chi connectivity index (χ4v) is 1.88. The second-order valence-corrected chi connectivity index (χ2v) is 3.78. The molecule has 15 heavy (non-hydrogen) atoms. The largest absolute Gasteiger partial charge is 0.326 e. The molecule has 0 saturated heterocycles. The van der Waals surface area contributed by atoms with Gasteiger partial charge in [0.05, 0.1) is 0 Å². The van der Waals surface area contributed by atoms with Gasteiger partial charge < -0.3 is 5.32 Å². The molecule has 1 rings (SSSR count). The molecule has 0 saturated carbocycles. The molecule has 0 unspecified atom stereocenters. The smallest absolute Gasteiger partial charge is 0.221 e. The van der Waals surface area contributed by atoms with E-state index in [1.807, 2.05) is 18.2 Å². The second-order valence-electron chi connectivity index (χ2n) is 3.78. The maximum atomic E-state index is 11.1. The summed E-state index contributed by atoms with van der Waals surface area (Å²) >= 11 is 0. The van der Waals surface area contributed by atoms with Crippen LogP contribution in [0.1, 0.15) is 45.1 Å². The zero-order valence-corrected chi connectivity index (χ0v) is 9.71. The van der Waals surface area contributed by atoms with Crippen LogP contribution in [-0.4, -0.2) is 5.91 Å². The van der Waals surface area contributed by atoms with Crippen LogP contribution in [0.4, 0.5) is 5.69 Å². The molecule has 2 nitrogen and oxygen atoms in total. The van der Waals surface area contributed by atoms with Gasteiger partial charge in [0.2, 0.25) is 5.91 Å². The van der Waals surface area contributed by atoms with Gasteiger partial charge in [0.15, 0.2) is 0 Å². The Bertz CT molecular complexity index is 329. The topological polar surface area (TPSA) is 29.1 Å². The molecule has 0 aliphatic carbocycles. The summed E-state index contributed by atoms with van der Waals surface area (Å²) in [6.07, 6.45) is 2.21. The van der Waals surface area contributed by atoms with E-state index in [1.54, 1.807) is 6.92 Å². The summed E-state index contributed by atoms with van der Waals surface area (Å²) in [6.45, 7) is 5.90. The van der Waals surface area contributed by atoms with Gasteiger partial charge in [-0.15, -0.1) is 0 Å². The van der Waals surface area contributed by atoms with E-state index in [4.69, 9.17) is 0 Å². The predicted octanol–water partition coefficient (Wildman–Crippen LogP) is 3.55. The minimum atomic E-state index is -0.00611. The van der Waals surface area contributed by atoms with Crippen LogP contribution < -0.4 is 5.32 Å². The Morgan fingerprint density at radius 3 is 2.40 bits per heavy atom. The molecular formula is C13H19NO. The van der Waals surface area contributed by atoms with Gasteiger partial charge in [0, 0.05) is 12.6 Å². The highest BCUT2D eigenvalue weighted by Crippen LogP contribution is 2.29. The van der Waals surface area contributed by atoms with Crippen LogP contribution in [0.2, 0.25) is 0 Å². The first-order valence-electron chi connectivity index (χ1n) is 5.55. The minimum absolute atomic E-state index is 0.00611. The summed E-state index contributed by atoms with van der Waals surface area (Å²) in [6, 6.07) is 8.05. The van der Waals surface area contributed by atoms with Crippen LogP contribution in [0.25, 0.3) is 0 Å². The third kappa shape index (κ3) is 3.08. The molecule has 0 atom stereocenters. The number of amides is 1. The van der Waals surface area contributed by atoms with Gasteiger partial charge in [0.1, 0.15) is 0 Å². The number of para-hydroxylation sites is 1. The molecule has 0 aliphatic rings. The van der Waals surface area contributed by atoms with Crippen LogP contribution in [0.15, 0.2) is 24.3 Å². The van der Waals surface area contributed by atoms with Crippen molar-refractivity contribution in [3.05, 3.63) is 29.8 Å². The first-order valence-corrected chi connectivity index (χ1v) is 5.55. The van der Waals surface area contributed by atoms with Crippen molar-refractivity contribution in [2.75, 3.05) is 5.32 Å². The summed E-state index contributed by atoms with van der Waals surface area (Å²) in [5, 5.41) is 2.88. The van der Waals surface area contributed by atoms with Gasteiger partial charge in [-0.2, -0.15) is 0 Å².